The van der Waals surface area contributed by atoms with Gasteiger partial charge in [-0.15, -0.1) is 0 Å². The summed E-state index contributed by atoms with van der Waals surface area (Å²) in [5.41, 5.74) is 0. The zero-order valence-electron chi connectivity index (χ0n) is 12.3. The highest BCUT2D eigenvalue weighted by Gasteiger charge is 2.18. The summed E-state index contributed by atoms with van der Waals surface area (Å²) < 4.78 is 0. The lowest BCUT2D eigenvalue weighted by molar-refractivity contribution is 0.187. The molecule has 0 bridgehead atoms. The van der Waals surface area contributed by atoms with Crippen molar-refractivity contribution in [1.29, 1.82) is 0 Å². The first-order chi connectivity index (χ1) is 8.11. The van der Waals surface area contributed by atoms with Gasteiger partial charge in [0.2, 0.25) is 0 Å². The normalized spacial score (nSPS) is 21.0. The predicted molar refractivity (Wildman–Crippen MR) is 76.4 cm³/mol. The molecule has 1 unspecified atom stereocenters. The summed E-state index contributed by atoms with van der Waals surface area (Å²) in [6.45, 7) is 14.3. The van der Waals surface area contributed by atoms with Gasteiger partial charge in [-0.25, -0.2) is 0 Å². The molecular weight excluding hydrogens is 208 g/mol. The highest BCUT2D eigenvalue weighted by Crippen LogP contribution is 2.16. The molecule has 0 aliphatic carbocycles. The van der Waals surface area contributed by atoms with E-state index >= 15 is 0 Å². The third-order valence-corrected chi connectivity index (χ3v) is 4.09. The van der Waals surface area contributed by atoms with E-state index in [1.54, 1.807) is 0 Å². The summed E-state index contributed by atoms with van der Waals surface area (Å²) in [6.07, 6.45) is 5.45. The Kier molecular flexibility index (Phi) is 7.14. The summed E-state index contributed by atoms with van der Waals surface area (Å²) >= 11 is 0. The van der Waals surface area contributed by atoms with Gasteiger partial charge in [-0.05, 0) is 70.6 Å². The largest absolute Gasteiger partial charge is 0.314 e. The van der Waals surface area contributed by atoms with Gasteiger partial charge >= 0.3 is 0 Å². The summed E-state index contributed by atoms with van der Waals surface area (Å²) in [4.78, 5) is 2.57. The van der Waals surface area contributed by atoms with Gasteiger partial charge in [0.25, 0.3) is 0 Å². The number of rotatable bonds is 7. The molecule has 1 atom stereocenters. The summed E-state index contributed by atoms with van der Waals surface area (Å²) in [5.74, 6) is 1.76. The topological polar surface area (TPSA) is 15.3 Å². The first-order valence-electron chi connectivity index (χ1n) is 7.57. The van der Waals surface area contributed by atoms with Crippen LogP contribution in [0.25, 0.3) is 0 Å². The van der Waals surface area contributed by atoms with Crippen molar-refractivity contribution >= 4 is 0 Å². The van der Waals surface area contributed by atoms with Crippen LogP contribution in [0.4, 0.5) is 0 Å². The maximum Gasteiger partial charge on any atom is 0.00389 e. The number of hydrogen-bond acceptors (Lipinski definition) is 2. The molecule has 1 N–H and O–H groups in total. The van der Waals surface area contributed by atoms with E-state index in [1.165, 1.54) is 51.9 Å². The van der Waals surface area contributed by atoms with E-state index in [0.29, 0.717) is 6.04 Å². The van der Waals surface area contributed by atoms with E-state index in [0.717, 1.165) is 11.8 Å². The molecule has 1 fully saturated rings. The van der Waals surface area contributed by atoms with Gasteiger partial charge < -0.3 is 10.2 Å². The van der Waals surface area contributed by atoms with Crippen molar-refractivity contribution in [2.45, 2.75) is 59.4 Å². The molecule has 1 aliphatic heterocycles. The fraction of sp³-hybridized carbons (Fsp3) is 1.00. The molecule has 0 saturated carbocycles. The lowest BCUT2D eigenvalue weighted by Crippen LogP contribution is -2.39. The molecule has 17 heavy (non-hydrogen) atoms. The third-order valence-electron chi connectivity index (χ3n) is 4.09. The van der Waals surface area contributed by atoms with Gasteiger partial charge in [0.1, 0.15) is 0 Å². The zero-order valence-corrected chi connectivity index (χ0v) is 12.3. The van der Waals surface area contributed by atoms with Crippen LogP contribution in [-0.4, -0.2) is 37.1 Å². The molecule has 0 spiro atoms. The minimum absolute atomic E-state index is 0.696. The average Bonchev–Trinajstić information content (AvgIpc) is 2.34. The van der Waals surface area contributed by atoms with E-state index in [-0.39, 0.29) is 0 Å². The fourth-order valence-electron chi connectivity index (χ4n) is 2.56. The Hall–Kier alpha value is -0.0800. The van der Waals surface area contributed by atoms with Gasteiger partial charge in [0.15, 0.2) is 0 Å². The van der Waals surface area contributed by atoms with Crippen LogP contribution in [0, 0.1) is 11.8 Å². The highest BCUT2D eigenvalue weighted by molar-refractivity contribution is 4.74. The molecule has 1 aliphatic rings. The van der Waals surface area contributed by atoms with Crippen molar-refractivity contribution in [3.05, 3.63) is 0 Å². The minimum Gasteiger partial charge on any atom is -0.314 e. The maximum absolute atomic E-state index is 3.72. The molecule has 1 rings (SSSR count). The molecule has 0 aromatic rings. The minimum atomic E-state index is 0.696. The number of hydrogen-bond donors (Lipinski definition) is 1. The van der Waals surface area contributed by atoms with E-state index in [2.05, 4.69) is 37.9 Å². The Labute approximate surface area is 108 Å². The van der Waals surface area contributed by atoms with Crippen LogP contribution in [-0.2, 0) is 0 Å². The molecule has 2 nitrogen and oxygen atoms in total. The number of piperidine rings is 1. The molecule has 0 radical (unpaired) electrons. The SMILES string of the molecule is CCN1CCC(CNC(C)CCC(C)C)CC1. The van der Waals surface area contributed by atoms with Crippen LogP contribution in [0.5, 0.6) is 0 Å². The van der Waals surface area contributed by atoms with Gasteiger partial charge in [0, 0.05) is 6.04 Å². The zero-order chi connectivity index (χ0) is 12.7. The van der Waals surface area contributed by atoms with Gasteiger partial charge in [-0.3, -0.25) is 0 Å². The summed E-state index contributed by atoms with van der Waals surface area (Å²) in [7, 11) is 0. The van der Waals surface area contributed by atoms with E-state index in [4.69, 9.17) is 0 Å². The van der Waals surface area contributed by atoms with Crippen LogP contribution in [0.3, 0.4) is 0 Å². The second-order valence-corrected chi connectivity index (χ2v) is 6.16. The van der Waals surface area contributed by atoms with Crippen LogP contribution in [0.1, 0.15) is 53.4 Å². The van der Waals surface area contributed by atoms with Crippen molar-refractivity contribution in [2.24, 2.45) is 11.8 Å². The molecule has 1 heterocycles. The molecule has 102 valence electrons. The number of nitrogens with zero attached hydrogens (tertiary/aromatic N) is 1. The molecule has 0 aromatic heterocycles. The van der Waals surface area contributed by atoms with Crippen LogP contribution in [0.2, 0.25) is 0 Å². The van der Waals surface area contributed by atoms with Crippen molar-refractivity contribution in [3.63, 3.8) is 0 Å². The summed E-state index contributed by atoms with van der Waals surface area (Å²) in [6, 6.07) is 0.696. The summed E-state index contributed by atoms with van der Waals surface area (Å²) in [5, 5.41) is 3.72. The second kappa shape index (κ2) is 8.10. The van der Waals surface area contributed by atoms with Gasteiger partial charge in [0.05, 0.1) is 0 Å². The van der Waals surface area contributed by atoms with Crippen LogP contribution < -0.4 is 5.32 Å². The maximum atomic E-state index is 3.72. The Balaban J connectivity index is 2.06. The van der Waals surface area contributed by atoms with Crippen molar-refractivity contribution < 1.29 is 0 Å². The van der Waals surface area contributed by atoms with Gasteiger partial charge in [-0.1, -0.05) is 20.8 Å². The van der Waals surface area contributed by atoms with Crippen LogP contribution >= 0.6 is 0 Å². The van der Waals surface area contributed by atoms with E-state index < -0.39 is 0 Å². The Morgan fingerprint density at radius 1 is 1.12 bits per heavy atom. The Morgan fingerprint density at radius 2 is 1.76 bits per heavy atom. The molecular formula is C15H32N2. The molecule has 0 amide bonds. The first-order valence-corrected chi connectivity index (χ1v) is 7.57. The van der Waals surface area contributed by atoms with E-state index in [9.17, 15) is 0 Å². The Bertz CT molecular complexity index is 183. The van der Waals surface area contributed by atoms with Crippen LogP contribution in [0.15, 0.2) is 0 Å². The predicted octanol–water partition coefficient (Wildman–Crippen LogP) is 3.13. The Morgan fingerprint density at radius 3 is 2.29 bits per heavy atom. The lowest BCUT2D eigenvalue weighted by Gasteiger charge is -2.31. The molecule has 2 heteroatoms. The lowest BCUT2D eigenvalue weighted by atomic mass is 9.96. The van der Waals surface area contributed by atoms with E-state index in [1.807, 2.05) is 0 Å². The number of likely N-dealkylation sites (tertiary alicyclic amines) is 1. The fourth-order valence-corrected chi connectivity index (χ4v) is 2.56. The average molecular weight is 240 g/mol. The standard InChI is InChI=1S/C15H32N2/c1-5-17-10-8-15(9-11-17)12-16-14(4)7-6-13(2)3/h13-16H,5-12H2,1-4H3. The molecule has 0 aromatic carbocycles. The van der Waals surface area contributed by atoms with Crippen molar-refractivity contribution in [1.82, 2.24) is 10.2 Å². The monoisotopic (exact) mass is 240 g/mol. The highest BCUT2D eigenvalue weighted by atomic mass is 15.1. The first kappa shape index (κ1) is 15.0. The third kappa shape index (κ3) is 6.42. The van der Waals surface area contributed by atoms with Crippen molar-refractivity contribution in [2.75, 3.05) is 26.2 Å². The smallest absolute Gasteiger partial charge is 0.00389 e. The molecule has 1 saturated heterocycles. The van der Waals surface area contributed by atoms with Crippen molar-refractivity contribution in [3.8, 4) is 0 Å². The number of nitrogens with one attached hydrogen (secondary N) is 1. The second-order valence-electron chi connectivity index (χ2n) is 6.16. The quantitative estimate of drug-likeness (QED) is 0.735. The van der Waals surface area contributed by atoms with Gasteiger partial charge in [-0.2, -0.15) is 0 Å².